The standard InChI is InChI=1S/C15H17N3O3S/c1-3-4-5-11(15(20)21)18-14(19)12-6-10(7-16-12)13-8-22-9(2)17-13/h3,6-8,11,16H,1,4-5H2,2H3,(H,18,19)(H,20,21). The normalized spacial score (nSPS) is 11.9. The Hall–Kier alpha value is -2.41. The van der Waals surface area contributed by atoms with E-state index < -0.39 is 17.9 Å². The molecule has 2 aromatic rings. The molecular weight excluding hydrogens is 302 g/mol. The summed E-state index contributed by atoms with van der Waals surface area (Å²) >= 11 is 1.53. The van der Waals surface area contributed by atoms with Crippen LogP contribution in [0.5, 0.6) is 0 Å². The molecule has 0 saturated carbocycles. The highest BCUT2D eigenvalue weighted by atomic mass is 32.1. The zero-order valence-electron chi connectivity index (χ0n) is 12.1. The van der Waals surface area contributed by atoms with Gasteiger partial charge in [0, 0.05) is 17.1 Å². The van der Waals surface area contributed by atoms with Crippen LogP contribution in [-0.2, 0) is 4.79 Å². The number of aromatic nitrogens is 2. The number of nitrogens with zero attached hydrogens (tertiary/aromatic N) is 1. The Labute approximate surface area is 131 Å². The molecule has 2 heterocycles. The third-order valence-corrected chi connectivity index (χ3v) is 3.88. The van der Waals surface area contributed by atoms with E-state index in [1.807, 2.05) is 12.3 Å². The first-order valence-corrected chi connectivity index (χ1v) is 7.64. The third-order valence-electron chi connectivity index (χ3n) is 3.11. The predicted octanol–water partition coefficient (Wildman–Crippen LogP) is 2.60. The smallest absolute Gasteiger partial charge is 0.326 e. The second-order valence-electron chi connectivity index (χ2n) is 4.78. The van der Waals surface area contributed by atoms with Gasteiger partial charge in [-0.3, -0.25) is 4.79 Å². The van der Waals surface area contributed by atoms with Crippen LogP contribution in [0.15, 0.2) is 30.3 Å². The van der Waals surface area contributed by atoms with Gasteiger partial charge in [0.15, 0.2) is 0 Å². The number of rotatable bonds is 7. The number of hydrogen-bond acceptors (Lipinski definition) is 4. The van der Waals surface area contributed by atoms with E-state index in [0.717, 1.165) is 16.3 Å². The van der Waals surface area contributed by atoms with E-state index in [4.69, 9.17) is 5.11 Å². The van der Waals surface area contributed by atoms with E-state index in [0.29, 0.717) is 18.5 Å². The van der Waals surface area contributed by atoms with Crippen LogP contribution in [0.3, 0.4) is 0 Å². The molecule has 0 saturated heterocycles. The topological polar surface area (TPSA) is 95.1 Å². The molecule has 116 valence electrons. The fourth-order valence-corrected chi connectivity index (χ4v) is 2.57. The molecule has 0 spiro atoms. The van der Waals surface area contributed by atoms with Gasteiger partial charge >= 0.3 is 5.97 Å². The minimum absolute atomic E-state index is 0.309. The van der Waals surface area contributed by atoms with E-state index >= 15 is 0 Å². The van der Waals surface area contributed by atoms with Crippen LogP contribution in [0.1, 0.15) is 28.3 Å². The lowest BCUT2D eigenvalue weighted by Gasteiger charge is -2.12. The maximum Gasteiger partial charge on any atom is 0.326 e. The molecule has 1 atom stereocenters. The number of carboxylic acid groups (broad SMARTS) is 1. The summed E-state index contributed by atoms with van der Waals surface area (Å²) in [5.41, 5.74) is 1.90. The van der Waals surface area contributed by atoms with Crippen molar-refractivity contribution in [2.45, 2.75) is 25.8 Å². The summed E-state index contributed by atoms with van der Waals surface area (Å²) in [6.07, 6.45) is 4.14. The number of aliphatic carboxylic acids is 1. The molecule has 0 aliphatic carbocycles. The molecule has 0 fully saturated rings. The van der Waals surface area contributed by atoms with Crippen molar-refractivity contribution >= 4 is 23.2 Å². The Balaban J connectivity index is 2.07. The highest BCUT2D eigenvalue weighted by Crippen LogP contribution is 2.22. The van der Waals surface area contributed by atoms with Crippen LogP contribution in [0.4, 0.5) is 0 Å². The largest absolute Gasteiger partial charge is 0.480 e. The van der Waals surface area contributed by atoms with Crippen molar-refractivity contribution in [3.8, 4) is 11.3 Å². The van der Waals surface area contributed by atoms with Gasteiger partial charge in [0.1, 0.15) is 11.7 Å². The highest BCUT2D eigenvalue weighted by molar-refractivity contribution is 7.09. The molecule has 0 aliphatic rings. The molecule has 1 amide bonds. The van der Waals surface area contributed by atoms with Crippen molar-refractivity contribution in [2.24, 2.45) is 0 Å². The molecule has 2 aromatic heterocycles. The Kier molecular flexibility index (Phi) is 5.11. The Morgan fingerprint density at radius 3 is 2.95 bits per heavy atom. The van der Waals surface area contributed by atoms with Crippen LogP contribution in [0, 0.1) is 6.92 Å². The van der Waals surface area contributed by atoms with Crippen molar-refractivity contribution in [3.63, 3.8) is 0 Å². The van der Waals surface area contributed by atoms with E-state index in [9.17, 15) is 9.59 Å². The number of amides is 1. The summed E-state index contributed by atoms with van der Waals surface area (Å²) in [4.78, 5) is 30.5. The fraction of sp³-hybridized carbons (Fsp3) is 0.267. The monoisotopic (exact) mass is 319 g/mol. The van der Waals surface area contributed by atoms with Crippen LogP contribution >= 0.6 is 11.3 Å². The lowest BCUT2D eigenvalue weighted by atomic mass is 10.1. The number of nitrogens with one attached hydrogen (secondary N) is 2. The van der Waals surface area contributed by atoms with Gasteiger partial charge in [0.25, 0.3) is 5.91 Å². The number of aryl methyl sites for hydroxylation is 1. The zero-order chi connectivity index (χ0) is 16.1. The van der Waals surface area contributed by atoms with E-state index in [1.54, 1.807) is 18.3 Å². The maximum atomic E-state index is 12.1. The molecule has 6 nitrogen and oxygen atoms in total. The SMILES string of the molecule is C=CCCC(NC(=O)c1cc(-c2csc(C)n2)c[nH]1)C(=O)O. The number of aromatic amines is 1. The second-order valence-corrected chi connectivity index (χ2v) is 5.85. The van der Waals surface area contributed by atoms with E-state index in [-0.39, 0.29) is 0 Å². The molecular formula is C15H17N3O3S. The molecule has 1 unspecified atom stereocenters. The van der Waals surface area contributed by atoms with Crippen molar-refractivity contribution in [2.75, 3.05) is 0 Å². The molecule has 0 radical (unpaired) electrons. The van der Waals surface area contributed by atoms with E-state index in [1.165, 1.54) is 11.3 Å². The number of carbonyl (C=O) groups excluding carboxylic acids is 1. The summed E-state index contributed by atoms with van der Waals surface area (Å²) in [7, 11) is 0. The average Bonchev–Trinajstić information content (AvgIpc) is 3.11. The summed E-state index contributed by atoms with van der Waals surface area (Å²) in [6, 6.07) is 0.731. The molecule has 0 bridgehead atoms. The molecule has 0 aliphatic heterocycles. The molecule has 7 heteroatoms. The number of hydrogen-bond donors (Lipinski definition) is 3. The summed E-state index contributed by atoms with van der Waals surface area (Å²) < 4.78 is 0. The molecule has 22 heavy (non-hydrogen) atoms. The summed E-state index contributed by atoms with van der Waals surface area (Å²) in [5, 5.41) is 14.5. The Bertz CT molecular complexity index is 690. The maximum absolute atomic E-state index is 12.1. The van der Waals surface area contributed by atoms with Crippen LogP contribution in [-0.4, -0.2) is 33.0 Å². The Morgan fingerprint density at radius 1 is 1.59 bits per heavy atom. The first-order valence-electron chi connectivity index (χ1n) is 6.76. The van der Waals surface area contributed by atoms with Crippen molar-refractivity contribution in [1.82, 2.24) is 15.3 Å². The number of carbonyl (C=O) groups is 2. The minimum atomic E-state index is -1.06. The lowest BCUT2D eigenvalue weighted by Crippen LogP contribution is -2.40. The first kappa shape index (κ1) is 16.0. The highest BCUT2D eigenvalue weighted by Gasteiger charge is 2.20. The van der Waals surface area contributed by atoms with Crippen LogP contribution in [0.25, 0.3) is 11.3 Å². The van der Waals surface area contributed by atoms with Gasteiger partial charge in [0.05, 0.1) is 10.7 Å². The van der Waals surface area contributed by atoms with Crippen molar-refractivity contribution < 1.29 is 14.7 Å². The van der Waals surface area contributed by atoms with Crippen LogP contribution in [0.2, 0.25) is 0 Å². The van der Waals surface area contributed by atoms with Gasteiger partial charge in [0.2, 0.25) is 0 Å². The summed E-state index contributed by atoms with van der Waals surface area (Å²) in [5.74, 6) is -1.51. The number of carboxylic acids is 1. The lowest BCUT2D eigenvalue weighted by molar-refractivity contribution is -0.139. The first-order chi connectivity index (χ1) is 10.5. The van der Waals surface area contributed by atoms with Gasteiger partial charge in [-0.15, -0.1) is 17.9 Å². The third kappa shape index (κ3) is 3.82. The molecule has 2 rings (SSSR count). The molecule has 0 aromatic carbocycles. The predicted molar refractivity (Wildman–Crippen MR) is 85.0 cm³/mol. The quantitative estimate of drug-likeness (QED) is 0.684. The number of thiazole rings is 1. The minimum Gasteiger partial charge on any atom is -0.480 e. The van der Waals surface area contributed by atoms with Gasteiger partial charge in [-0.05, 0) is 25.8 Å². The fourth-order valence-electron chi connectivity index (χ4n) is 1.95. The number of allylic oxidation sites excluding steroid dienone is 1. The van der Waals surface area contributed by atoms with Gasteiger partial charge in [-0.1, -0.05) is 6.08 Å². The Morgan fingerprint density at radius 2 is 2.36 bits per heavy atom. The van der Waals surface area contributed by atoms with Gasteiger partial charge in [-0.2, -0.15) is 0 Å². The van der Waals surface area contributed by atoms with Crippen molar-refractivity contribution in [1.29, 1.82) is 0 Å². The van der Waals surface area contributed by atoms with Crippen LogP contribution < -0.4 is 5.32 Å². The van der Waals surface area contributed by atoms with E-state index in [2.05, 4.69) is 21.9 Å². The molecule has 3 N–H and O–H groups in total. The van der Waals surface area contributed by atoms with Crippen molar-refractivity contribution in [3.05, 3.63) is 41.0 Å². The van der Waals surface area contributed by atoms with Gasteiger partial charge < -0.3 is 15.4 Å². The second kappa shape index (κ2) is 7.04. The van der Waals surface area contributed by atoms with Gasteiger partial charge in [-0.25, -0.2) is 9.78 Å². The average molecular weight is 319 g/mol. The zero-order valence-corrected chi connectivity index (χ0v) is 12.9. The summed E-state index contributed by atoms with van der Waals surface area (Å²) in [6.45, 7) is 5.46. The number of H-pyrrole nitrogens is 1.